The quantitative estimate of drug-likeness (QED) is 0.492. The Hall–Kier alpha value is -2.40. The number of para-hydroxylation sites is 2. The molecule has 0 amide bonds. The summed E-state index contributed by atoms with van der Waals surface area (Å²) in [6.45, 7) is 9.87. The number of phenols is 1. The van der Waals surface area contributed by atoms with Crippen LogP contribution >= 0.6 is 11.6 Å². The summed E-state index contributed by atoms with van der Waals surface area (Å²) in [4.78, 5) is 0. The zero-order valence-electron chi connectivity index (χ0n) is 17.0. The van der Waals surface area contributed by atoms with Crippen molar-refractivity contribution in [1.29, 1.82) is 0 Å². The monoisotopic (exact) mass is 421 g/mol. The number of halogens is 4. The fourth-order valence-electron chi connectivity index (χ4n) is 1.12. The summed E-state index contributed by atoms with van der Waals surface area (Å²) in [5.41, 5.74) is 1.47. The van der Waals surface area contributed by atoms with Crippen LogP contribution in [0, 0.1) is 0 Å². The molecule has 2 nitrogen and oxygen atoms in total. The van der Waals surface area contributed by atoms with Crippen molar-refractivity contribution in [3.05, 3.63) is 84.6 Å². The molecule has 0 aliphatic rings. The lowest BCUT2D eigenvalue weighted by atomic mass is 10.3. The minimum absolute atomic E-state index is 0. The summed E-state index contributed by atoms with van der Waals surface area (Å²) < 4.78 is 39.5. The molecule has 0 spiro atoms. The maximum Gasteiger partial charge on any atom is 0.412 e. The first-order valence-electron chi connectivity index (χ1n) is 8.80. The summed E-state index contributed by atoms with van der Waals surface area (Å²) in [5.74, 6) is 0.700. The number of ether oxygens (including phenoxy) is 1. The molecule has 2 aromatic carbocycles. The molecule has 0 unspecified atom stereocenters. The summed E-state index contributed by atoms with van der Waals surface area (Å²) in [7, 11) is 0. The smallest absolute Gasteiger partial charge is 0.412 e. The first kappa shape index (κ1) is 30.3. The molecule has 0 saturated heterocycles. The molecule has 0 heterocycles. The predicted octanol–water partition coefficient (Wildman–Crippen LogP) is 8.59. The van der Waals surface area contributed by atoms with Gasteiger partial charge < -0.3 is 9.84 Å². The van der Waals surface area contributed by atoms with Crippen LogP contribution in [0.5, 0.6) is 11.5 Å². The minimum Gasteiger partial charge on any atom is -0.508 e. The van der Waals surface area contributed by atoms with Gasteiger partial charge in [0.05, 0.1) is 12.3 Å². The molecule has 160 valence electrons. The first-order chi connectivity index (χ1) is 13.4. The van der Waals surface area contributed by atoms with Crippen LogP contribution in [-0.4, -0.2) is 11.3 Å². The molecule has 0 aliphatic heterocycles. The highest BCUT2D eigenvalue weighted by molar-refractivity contribution is 6.25. The summed E-state index contributed by atoms with van der Waals surface area (Å²) in [6.07, 6.45) is -1.90. The van der Waals surface area contributed by atoms with Gasteiger partial charge in [-0.15, -0.1) is 0 Å². The normalized spacial score (nSPS) is 9.46. The minimum atomic E-state index is -4.32. The molecule has 0 aromatic heterocycles. The van der Waals surface area contributed by atoms with Gasteiger partial charge in [-0.2, -0.15) is 13.2 Å². The van der Waals surface area contributed by atoms with E-state index in [-0.39, 0.29) is 7.50 Å². The number of alkyl halides is 3. The van der Waals surface area contributed by atoms with Crippen LogP contribution in [0.1, 0.15) is 36.0 Å². The lowest BCUT2D eigenvalue weighted by Crippen LogP contribution is -2.01. The van der Waals surface area contributed by atoms with Gasteiger partial charge in [0.1, 0.15) is 11.5 Å². The van der Waals surface area contributed by atoms with Crippen molar-refractivity contribution in [2.75, 3.05) is 0 Å². The van der Waals surface area contributed by atoms with Crippen LogP contribution in [0.4, 0.5) is 13.2 Å². The van der Waals surface area contributed by atoms with Crippen LogP contribution in [0.3, 0.4) is 0 Å². The van der Waals surface area contributed by atoms with E-state index in [0.29, 0.717) is 17.8 Å². The fourth-order valence-corrected chi connectivity index (χ4v) is 1.12. The highest BCUT2D eigenvalue weighted by Crippen LogP contribution is 2.16. The van der Waals surface area contributed by atoms with E-state index in [1.54, 1.807) is 60.7 Å². The van der Waals surface area contributed by atoms with E-state index in [9.17, 15) is 13.2 Å². The lowest BCUT2D eigenvalue weighted by Gasteiger charge is -2.00. The predicted molar refractivity (Wildman–Crippen MR) is 116 cm³/mol. The highest BCUT2D eigenvalue weighted by atomic mass is 35.5. The second-order valence-electron chi connectivity index (χ2n) is 4.07. The van der Waals surface area contributed by atoms with Crippen LogP contribution in [0.2, 0.25) is 0 Å². The number of hydrogen-bond donors (Lipinski definition) is 1. The van der Waals surface area contributed by atoms with E-state index in [2.05, 4.69) is 4.74 Å². The third kappa shape index (κ3) is 25.8. The fraction of sp³-hybridized carbons (Fsp3) is 0.273. The Morgan fingerprint density at radius 3 is 1.57 bits per heavy atom. The Labute approximate surface area is 173 Å². The molecule has 0 fully saturated rings. The largest absolute Gasteiger partial charge is 0.508 e. The van der Waals surface area contributed by atoms with E-state index < -0.39 is 6.18 Å². The van der Waals surface area contributed by atoms with E-state index in [0.717, 1.165) is 0 Å². The Morgan fingerprint density at radius 2 is 1.29 bits per heavy atom. The second-order valence-corrected chi connectivity index (χ2v) is 4.32. The van der Waals surface area contributed by atoms with Crippen LogP contribution in [0.25, 0.3) is 0 Å². The number of aromatic hydroxyl groups is 1. The third-order valence-corrected chi connectivity index (χ3v) is 2.34. The molecule has 2 rings (SSSR count). The van der Waals surface area contributed by atoms with Crippen molar-refractivity contribution < 1.29 is 24.4 Å². The molecule has 0 atom stereocenters. The van der Waals surface area contributed by atoms with E-state index in [1.165, 1.54) is 5.54 Å². The van der Waals surface area contributed by atoms with Gasteiger partial charge in [0.2, 0.25) is 0 Å². The first-order valence-corrected chi connectivity index (χ1v) is 9.24. The van der Waals surface area contributed by atoms with Gasteiger partial charge in [0.25, 0.3) is 0 Å². The maximum atomic E-state index is 11.6. The maximum absolute atomic E-state index is 11.6. The van der Waals surface area contributed by atoms with Gasteiger partial charge >= 0.3 is 6.18 Å². The Kier molecular flexibility index (Phi) is 24.5. The standard InChI is InChI=1S/C9H7F3O.C6H6O.C3H5Cl.2C2H6.H2/c10-9(11,12)6-7-13-8-4-2-1-3-5-8;7-6-4-2-1-3-5-6;1-2-3-4;2*1-2;/h1-7H;1-5,7H;2-3H,1H3;2*1-2H3;1H/b7-6+;;3-2+;;;/i;;;;;1+1. The Bertz CT molecular complexity index is 586. The van der Waals surface area contributed by atoms with Crippen LogP contribution < -0.4 is 4.74 Å². The topological polar surface area (TPSA) is 29.5 Å². The van der Waals surface area contributed by atoms with Crippen molar-refractivity contribution in [3.63, 3.8) is 0 Å². The van der Waals surface area contributed by atoms with Gasteiger partial charge in [-0.05, 0) is 36.7 Å². The second kappa shape index (κ2) is 22.6. The molecular weight excluding hydrogens is 389 g/mol. The van der Waals surface area contributed by atoms with Gasteiger partial charge in [-0.1, -0.05) is 81.8 Å². The van der Waals surface area contributed by atoms with Crippen molar-refractivity contribution in [1.82, 2.24) is 0 Å². The van der Waals surface area contributed by atoms with Crippen molar-refractivity contribution in [3.8, 4) is 11.5 Å². The van der Waals surface area contributed by atoms with E-state index >= 15 is 0 Å². The number of benzene rings is 2. The third-order valence-electron chi connectivity index (χ3n) is 2.09. The molecule has 0 radical (unpaired) electrons. The van der Waals surface area contributed by atoms with Crippen molar-refractivity contribution in [2.24, 2.45) is 0 Å². The van der Waals surface area contributed by atoms with Gasteiger partial charge in [-0.3, -0.25) is 0 Å². The zero-order chi connectivity index (χ0) is 22.3. The van der Waals surface area contributed by atoms with Crippen molar-refractivity contribution in [2.45, 2.75) is 40.8 Å². The molecule has 0 aliphatic carbocycles. The molecule has 2 aromatic rings. The molecule has 0 saturated carbocycles. The summed E-state index contributed by atoms with van der Waals surface area (Å²) >= 11 is 5.01. The van der Waals surface area contributed by atoms with Gasteiger partial charge in [0.15, 0.2) is 0 Å². The molecule has 0 bridgehead atoms. The molecule has 28 heavy (non-hydrogen) atoms. The number of rotatable bonds is 2. The van der Waals surface area contributed by atoms with Gasteiger partial charge in [0, 0.05) is 1.43 Å². The number of allylic oxidation sites excluding steroid dienone is 2. The van der Waals surface area contributed by atoms with E-state index in [4.69, 9.17) is 16.7 Å². The zero-order valence-corrected chi connectivity index (χ0v) is 17.7. The lowest BCUT2D eigenvalue weighted by molar-refractivity contribution is -0.0809. The summed E-state index contributed by atoms with van der Waals surface area (Å²) in [6, 6.07) is 17.0. The van der Waals surface area contributed by atoms with Crippen LogP contribution in [-0.2, 0) is 0 Å². The van der Waals surface area contributed by atoms with Crippen molar-refractivity contribution >= 4 is 11.6 Å². The summed E-state index contributed by atoms with van der Waals surface area (Å²) in [5, 5.41) is 8.63. The average Bonchev–Trinajstić information content (AvgIpc) is 2.72. The molecule has 1 N–H and O–H groups in total. The van der Waals surface area contributed by atoms with E-state index in [1.807, 2.05) is 40.7 Å². The number of hydrogen-bond acceptors (Lipinski definition) is 2. The van der Waals surface area contributed by atoms with Gasteiger partial charge in [-0.25, -0.2) is 0 Å². The SMILES string of the molecule is C/C=C/Cl.CC.CC.FC(F)(F)/C=C/Oc1ccccc1.Oc1ccccc1.[2HH]. The van der Waals surface area contributed by atoms with Crippen LogP contribution in [0.15, 0.2) is 84.6 Å². The Morgan fingerprint density at radius 1 is 0.893 bits per heavy atom. The molecular formula is C22H32ClF3O2. The number of phenolic OH excluding ortho intramolecular Hbond substituents is 1. The highest BCUT2D eigenvalue weighted by Gasteiger charge is 2.22. The Balaban J connectivity index is -0.000000166. The molecule has 6 heteroatoms. The average molecular weight is 422 g/mol.